The third-order valence-electron chi connectivity index (χ3n) is 4.05. The molecule has 28 heavy (non-hydrogen) atoms. The van der Waals surface area contributed by atoms with Crippen LogP contribution in [0.15, 0.2) is 42.5 Å². The normalized spacial score (nSPS) is 10.6. The highest BCUT2D eigenvalue weighted by Crippen LogP contribution is 2.27. The summed E-state index contributed by atoms with van der Waals surface area (Å²) in [5.74, 6) is 0.363. The number of thiazole rings is 1. The fraction of sp³-hybridized carbons (Fsp3) is 0.286. The van der Waals surface area contributed by atoms with E-state index in [1.165, 1.54) is 11.3 Å². The Kier molecular flexibility index (Phi) is 6.60. The summed E-state index contributed by atoms with van der Waals surface area (Å²) in [6.07, 6.45) is 0.952. The van der Waals surface area contributed by atoms with Crippen LogP contribution in [0, 0.1) is 6.92 Å². The third-order valence-corrected chi connectivity index (χ3v) is 4.98. The number of aromatic nitrogens is 1. The zero-order valence-corrected chi connectivity index (χ0v) is 16.7. The maximum atomic E-state index is 12.2. The van der Waals surface area contributed by atoms with Gasteiger partial charge in [0.1, 0.15) is 5.75 Å². The van der Waals surface area contributed by atoms with Gasteiger partial charge < -0.3 is 14.8 Å². The van der Waals surface area contributed by atoms with Crippen LogP contribution in [-0.4, -0.2) is 30.1 Å². The molecule has 0 saturated carbocycles. The maximum absolute atomic E-state index is 12.2. The highest BCUT2D eigenvalue weighted by atomic mass is 32.1. The smallest absolute Gasteiger partial charge is 0.338 e. The second-order valence-electron chi connectivity index (χ2n) is 6.19. The number of para-hydroxylation sites is 1. The van der Waals surface area contributed by atoms with E-state index in [0.717, 1.165) is 21.5 Å². The topological polar surface area (TPSA) is 77.5 Å². The molecule has 146 valence electrons. The Morgan fingerprint density at radius 2 is 2.00 bits per heavy atom. The molecule has 1 amide bonds. The van der Waals surface area contributed by atoms with Crippen molar-refractivity contribution in [2.75, 3.05) is 18.5 Å². The lowest BCUT2D eigenvalue weighted by atomic mass is 10.2. The molecule has 0 saturated heterocycles. The Labute approximate surface area is 167 Å². The van der Waals surface area contributed by atoms with Crippen LogP contribution in [0.2, 0.25) is 0 Å². The largest absolute Gasteiger partial charge is 0.493 e. The van der Waals surface area contributed by atoms with Crippen LogP contribution in [0.4, 0.5) is 5.13 Å². The maximum Gasteiger partial charge on any atom is 0.338 e. The molecule has 0 radical (unpaired) electrons. The van der Waals surface area contributed by atoms with Crippen molar-refractivity contribution in [3.63, 3.8) is 0 Å². The van der Waals surface area contributed by atoms with Gasteiger partial charge in [-0.1, -0.05) is 29.5 Å². The van der Waals surface area contributed by atoms with Crippen LogP contribution in [0.25, 0.3) is 10.2 Å². The summed E-state index contributed by atoms with van der Waals surface area (Å²) in [5, 5.41) is 3.33. The first-order chi connectivity index (χ1) is 13.6. The Balaban J connectivity index is 1.51. The minimum Gasteiger partial charge on any atom is -0.493 e. The van der Waals surface area contributed by atoms with Gasteiger partial charge in [0.25, 0.3) is 0 Å². The van der Waals surface area contributed by atoms with E-state index in [-0.39, 0.29) is 11.9 Å². The van der Waals surface area contributed by atoms with Crippen LogP contribution < -0.4 is 10.1 Å². The Bertz CT molecular complexity index is 983. The standard InChI is InChI=1S/C21H22N2O4S/c1-3-26-20(25)15-10-11-16-18(13-15)28-21(22-16)23-19(24)9-6-12-27-17-8-5-4-7-14(17)2/h4-5,7-8,10-11,13H,3,6,9,12H2,1-2H3,(H,22,23,24). The molecule has 0 bridgehead atoms. The van der Waals surface area contributed by atoms with Crippen LogP contribution in [0.5, 0.6) is 5.75 Å². The SMILES string of the molecule is CCOC(=O)c1ccc2nc(NC(=O)CCCOc3ccccc3C)sc2c1. The number of nitrogens with one attached hydrogen (secondary N) is 1. The molecular formula is C21H22N2O4S. The van der Waals surface area contributed by atoms with Crippen LogP contribution in [-0.2, 0) is 9.53 Å². The number of benzene rings is 2. The van der Waals surface area contributed by atoms with Gasteiger partial charge in [0.15, 0.2) is 5.13 Å². The van der Waals surface area contributed by atoms with Crippen molar-refractivity contribution >= 4 is 38.6 Å². The van der Waals surface area contributed by atoms with Gasteiger partial charge in [-0.3, -0.25) is 4.79 Å². The fourth-order valence-electron chi connectivity index (χ4n) is 2.63. The number of rotatable bonds is 8. The number of hydrogen-bond donors (Lipinski definition) is 1. The molecule has 3 aromatic rings. The van der Waals surface area contributed by atoms with Gasteiger partial charge in [0.05, 0.1) is 29.0 Å². The quantitative estimate of drug-likeness (QED) is 0.444. The number of nitrogens with zero attached hydrogens (tertiary/aromatic N) is 1. The zero-order valence-electron chi connectivity index (χ0n) is 15.9. The zero-order chi connectivity index (χ0) is 19.9. The second-order valence-corrected chi connectivity index (χ2v) is 7.22. The summed E-state index contributed by atoms with van der Waals surface area (Å²) in [5.41, 5.74) is 2.28. The van der Waals surface area contributed by atoms with Crippen molar-refractivity contribution in [2.24, 2.45) is 0 Å². The molecule has 0 aliphatic carbocycles. The molecule has 0 aliphatic rings. The van der Waals surface area contributed by atoms with E-state index in [4.69, 9.17) is 9.47 Å². The molecule has 3 rings (SSSR count). The van der Waals surface area contributed by atoms with Gasteiger partial charge in [0, 0.05) is 6.42 Å². The van der Waals surface area contributed by atoms with Gasteiger partial charge in [0.2, 0.25) is 5.91 Å². The number of anilines is 1. The first kappa shape index (κ1) is 19.8. The number of ether oxygens (including phenoxy) is 2. The number of esters is 1. The van der Waals surface area contributed by atoms with E-state index in [1.54, 1.807) is 25.1 Å². The van der Waals surface area contributed by atoms with Crippen molar-refractivity contribution in [3.8, 4) is 5.75 Å². The molecule has 6 nitrogen and oxygen atoms in total. The molecule has 0 spiro atoms. The highest BCUT2D eigenvalue weighted by Gasteiger charge is 2.12. The third kappa shape index (κ3) is 5.07. The average Bonchev–Trinajstić information content (AvgIpc) is 3.08. The first-order valence-corrected chi connectivity index (χ1v) is 9.94. The molecule has 0 unspecified atom stereocenters. The molecule has 1 aromatic heterocycles. The summed E-state index contributed by atoms with van der Waals surface area (Å²) in [6, 6.07) is 13.0. The fourth-order valence-corrected chi connectivity index (χ4v) is 3.56. The van der Waals surface area contributed by atoms with Gasteiger partial charge in [-0.2, -0.15) is 0 Å². The monoisotopic (exact) mass is 398 g/mol. The van der Waals surface area contributed by atoms with E-state index >= 15 is 0 Å². The van der Waals surface area contributed by atoms with Crippen molar-refractivity contribution in [2.45, 2.75) is 26.7 Å². The number of fused-ring (bicyclic) bond motifs is 1. The minimum atomic E-state index is -0.364. The van der Waals surface area contributed by atoms with Crippen LogP contribution >= 0.6 is 11.3 Å². The number of hydrogen-bond acceptors (Lipinski definition) is 6. The van der Waals surface area contributed by atoms with Gasteiger partial charge in [-0.25, -0.2) is 9.78 Å². The summed E-state index contributed by atoms with van der Waals surface area (Å²) in [6.45, 7) is 4.56. The van der Waals surface area contributed by atoms with E-state index in [1.807, 2.05) is 31.2 Å². The summed E-state index contributed by atoms with van der Waals surface area (Å²) in [4.78, 5) is 28.4. The number of carbonyl (C=O) groups excluding carboxylic acids is 2. The lowest BCUT2D eigenvalue weighted by Gasteiger charge is -2.08. The summed E-state index contributed by atoms with van der Waals surface area (Å²) < 4.78 is 11.5. The molecule has 1 N–H and O–H groups in total. The molecule has 2 aromatic carbocycles. The number of amides is 1. The number of carbonyl (C=O) groups is 2. The van der Waals surface area contributed by atoms with E-state index < -0.39 is 0 Å². The summed E-state index contributed by atoms with van der Waals surface area (Å²) >= 11 is 1.33. The molecule has 0 fully saturated rings. The lowest BCUT2D eigenvalue weighted by molar-refractivity contribution is -0.116. The van der Waals surface area contributed by atoms with Gasteiger partial charge >= 0.3 is 5.97 Å². The van der Waals surface area contributed by atoms with E-state index in [9.17, 15) is 9.59 Å². The lowest BCUT2D eigenvalue weighted by Crippen LogP contribution is -2.12. The number of aryl methyl sites for hydroxylation is 1. The Morgan fingerprint density at radius 3 is 2.79 bits per heavy atom. The first-order valence-electron chi connectivity index (χ1n) is 9.13. The van der Waals surface area contributed by atoms with Gasteiger partial charge in [-0.15, -0.1) is 0 Å². The predicted octanol–water partition coefficient (Wildman–Crippen LogP) is 4.58. The summed E-state index contributed by atoms with van der Waals surface area (Å²) in [7, 11) is 0. The van der Waals surface area contributed by atoms with Crippen molar-refractivity contribution < 1.29 is 19.1 Å². The molecule has 1 heterocycles. The Hall–Kier alpha value is -2.93. The van der Waals surface area contributed by atoms with Crippen molar-refractivity contribution in [3.05, 3.63) is 53.6 Å². The highest BCUT2D eigenvalue weighted by molar-refractivity contribution is 7.22. The van der Waals surface area contributed by atoms with Gasteiger partial charge in [-0.05, 0) is 50.1 Å². The average molecular weight is 398 g/mol. The van der Waals surface area contributed by atoms with Crippen molar-refractivity contribution in [1.82, 2.24) is 4.98 Å². The van der Waals surface area contributed by atoms with Crippen molar-refractivity contribution in [1.29, 1.82) is 0 Å². The molecule has 0 aliphatic heterocycles. The Morgan fingerprint density at radius 1 is 1.18 bits per heavy atom. The minimum absolute atomic E-state index is 0.113. The van der Waals surface area contributed by atoms with Crippen LogP contribution in [0.3, 0.4) is 0 Å². The van der Waals surface area contributed by atoms with E-state index in [2.05, 4.69) is 10.3 Å². The van der Waals surface area contributed by atoms with Crippen LogP contribution in [0.1, 0.15) is 35.7 Å². The molecular weight excluding hydrogens is 376 g/mol. The predicted molar refractivity (Wildman–Crippen MR) is 110 cm³/mol. The molecule has 0 atom stereocenters. The van der Waals surface area contributed by atoms with E-state index in [0.29, 0.717) is 36.8 Å². The molecule has 7 heteroatoms. The second kappa shape index (κ2) is 9.32.